The number of rotatable bonds is 11. The first kappa shape index (κ1) is 22.3. The number of hydrogen-bond donors (Lipinski definition) is 2. The Morgan fingerprint density at radius 1 is 1.14 bits per heavy atom. The number of guanidine groups is 1. The van der Waals surface area contributed by atoms with Crippen LogP contribution in [-0.2, 0) is 6.54 Å². The van der Waals surface area contributed by atoms with E-state index < -0.39 is 0 Å². The summed E-state index contributed by atoms with van der Waals surface area (Å²) in [6.45, 7) is 11.6. The Balaban J connectivity index is 1.95. The van der Waals surface area contributed by atoms with Crippen LogP contribution < -0.4 is 20.1 Å². The van der Waals surface area contributed by atoms with Crippen LogP contribution in [0.2, 0.25) is 0 Å². The molecule has 1 fully saturated rings. The molecule has 1 aliphatic rings. The van der Waals surface area contributed by atoms with Crippen LogP contribution in [0.5, 0.6) is 11.5 Å². The molecular weight excluding hydrogens is 352 g/mol. The largest absolute Gasteiger partial charge is 0.493 e. The molecule has 28 heavy (non-hydrogen) atoms. The minimum absolute atomic E-state index is 0.550. The maximum atomic E-state index is 5.94. The number of nitrogens with zero attached hydrogens (tertiary/aromatic N) is 2. The average Bonchev–Trinajstić information content (AvgIpc) is 3.23. The Hall–Kier alpha value is -1.95. The SMILES string of the molecule is CCNC(=NCc1ccc(OCCN(CC)CC)c(OC)c1)NC1CCCC1. The Bertz CT molecular complexity index is 596. The number of nitrogens with one attached hydrogen (secondary N) is 2. The third kappa shape index (κ3) is 7.23. The van der Waals surface area contributed by atoms with Gasteiger partial charge in [0.25, 0.3) is 0 Å². The van der Waals surface area contributed by atoms with E-state index >= 15 is 0 Å². The predicted octanol–water partition coefficient (Wildman–Crippen LogP) is 3.41. The van der Waals surface area contributed by atoms with Gasteiger partial charge in [-0.2, -0.15) is 0 Å². The lowest BCUT2D eigenvalue weighted by Gasteiger charge is -2.19. The van der Waals surface area contributed by atoms with E-state index in [0.29, 0.717) is 19.2 Å². The summed E-state index contributed by atoms with van der Waals surface area (Å²) in [6, 6.07) is 6.63. The highest BCUT2D eigenvalue weighted by Crippen LogP contribution is 2.28. The van der Waals surface area contributed by atoms with Crippen molar-refractivity contribution in [3.05, 3.63) is 23.8 Å². The smallest absolute Gasteiger partial charge is 0.191 e. The minimum Gasteiger partial charge on any atom is -0.493 e. The first-order valence-electron chi connectivity index (χ1n) is 10.8. The van der Waals surface area contributed by atoms with Gasteiger partial charge in [-0.3, -0.25) is 0 Å². The molecule has 2 rings (SSSR count). The Morgan fingerprint density at radius 2 is 1.89 bits per heavy atom. The van der Waals surface area contributed by atoms with Crippen molar-refractivity contribution in [3.8, 4) is 11.5 Å². The van der Waals surface area contributed by atoms with Crippen LogP contribution in [0, 0.1) is 0 Å². The highest BCUT2D eigenvalue weighted by molar-refractivity contribution is 5.80. The van der Waals surface area contributed by atoms with Gasteiger partial charge in [0.15, 0.2) is 17.5 Å². The maximum absolute atomic E-state index is 5.94. The quantitative estimate of drug-likeness (QED) is 0.448. The molecule has 1 aromatic rings. The van der Waals surface area contributed by atoms with E-state index in [1.807, 2.05) is 12.1 Å². The normalized spacial score (nSPS) is 15.1. The van der Waals surface area contributed by atoms with Gasteiger partial charge in [0, 0.05) is 19.1 Å². The van der Waals surface area contributed by atoms with Crippen LogP contribution >= 0.6 is 0 Å². The molecule has 0 atom stereocenters. The molecule has 0 unspecified atom stereocenters. The fourth-order valence-corrected chi connectivity index (χ4v) is 3.51. The second-order valence-electron chi connectivity index (χ2n) is 7.18. The zero-order valence-electron chi connectivity index (χ0n) is 18.1. The first-order chi connectivity index (χ1) is 13.7. The lowest BCUT2D eigenvalue weighted by molar-refractivity contribution is 0.217. The molecule has 1 aliphatic carbocycles. The standard InChI is InChI=1S/C22H38N4O2/c1-5-23-22(25-19-10-8-9-11-19)24-17-18-12-13-20(21(16-18)27-4)28-15-14-26(6-2)7-3/h12-13,16,19H,5-11,14-15,17H2,1-4H3,(H2,23,24,25). The van der Waals surface area contributed by atoms with Crippen LogP contribution in [0.1, 0.15) is 52.0 Å². The van der Waals surface area contributed by atoms with E-state index in [1.54, 1.807) is 7.11 Å². The van der Waals surface area contributed by atoms with Crippen LogP contribution in [-0.4, -0.2) is 56.8 Å². The topological polar surface area (TPSA) is 58.1 Å². The van der Waals surface area contributed by atoms with Gasteiger partial charge in [-0.15, -0.1) is 0 Å². The van der Waals surface area contributed by atoms with E-state index in [2.05, 4.69) is 42.4 Å². The predicted molar refractivity (Wildman–Crippen MR) is 116 cm³/mol. The molecular formula is C22H38N4O2. The first-order valence-corrected chi connectivity index (χ1v) is 10.8. The summed E-state index contributed by atoms with van der Waals surface area (Å²) in [5, 5.41) is 6.90. The lowest BCUT2D eigenvalue weighted by atomic mass is 10.2. The molecule has 2 N–H and O–H groups in total. The molecule has 0 saturated heterocycles. The third-order valence-corrected chi connectivity index (χ3v) is 5.25. The van der Waals surface area contributed by atoms with E-state index in [1.165, 1.54) is 25.7 Å². The highest BCUT2D eigenvalue weighted by Gasteiger charge is 2.16. The molecule has 0 heterocycles. The summed E-state index contributed by atoms with van der Waals surface area (Å²) in [5.41, 5.74) is 1.11. The summed E-state index contributed by atoms with van der Waals surface area (Å²) in [5.74, 6) is 2.45. The zero-order chi connectivity index (χ0) is 20.2. The molecule has 0 aliphatic heterocycles. The number of methoxy groups -OCH3 is 1. The molecule has 6 nitrogen and oxygen atoms in total. The second kappa shape index (κ2) is 12.5. The van der Waals surface area contributed by atoms with Gasteiger partial charge in [0.2, 0.25) is 0 Å². The van der Waals surface area contributed by atoms with E-state index in [-0.39, 0.29) is 0 Å². The van der Waals surface area contributed by atoms with Crippen molar-refractivity contribution in [2.24, 2.45) is 4.99 Å². The molecule has 158 valence electrons. The van der Waals surface area contributed by atoms with Crippen LogP contribution in [0.4, 0.5) is 0 Å². The van der Waals surface area contributed by atoms with Gasteiger partial charge in [0.1, 0.15) is 6.61 Å². The van der Waals surface area contributed by atoms with E-state index in [4.69, 9.17) is 14.5 Å². The molecule has 0 bridgehead atoms. The summed E-state index contributed by atoms with van der Waals surface area (Å²) >= 11 is 0. The Morgan fingerprint density at radius 3 is 2.54 bits per heavy atom. The minimum atomic E-state index is 0.550. The van der Waals surface area contributed by atoms with Crippen molar-refractivity contribution in [2.75, 3.05) is 39.9 Å². The fraction of sp³-hybridized carbons (Fsp3) is 0.682. The second-order valence-corrected chi connectivity index (χ2v) is 7.18. The van der Waals surface area contributed by atoms with Crippen molar-refractivity contribution in [2.45, 2.75) is 59.0 Å². The summed E-state index contributed by atoms with van der Waals surface area (Å²) in [7, 11) is 1.69. The van der Waals surface area contributed by atoms with E-state index in [9.17, 15) is 0 Å². The number of benzene rings is 1. The van der Waals surface area contributed by atoms with Crippen molar-refractivity contribution in [3.63, 3.8) is 0 Å². The molecule has 0 radical (unpaired) electrons. The monoisotopic (exact) mass is 390 g/mol. The Kier molecular flexibility index (Phi) is 9.97. The summed E-state index contributed by atoms with van der Waals surface area (Å²) in [4.78, 5) is 7.09. The fourth-order valence-electron chi connectivity index (χ4n) is 3.51. The highest BCUT2D eigenvalue weighted by atomic mass is 16.5. The van der Waals surface area contributed by atoms with E-state index in [0.717, 1.165) is 49.2 Å². The van der Waals surface area contributed by atoms with Crippen molar-refractivity contribution < 1.29 is 9.47 Å². The number of hydrogen-bond acceptors (Lipinski definition) is 4. The van der Waals surface area contributed by atoms with Crippen LogP contribution in [0.3, 0.4) is 0 Å². The average molecular weight is 391 g/mol. The van der Waals surface area contributed by atoms with Gasteiger partial charge in [-0.05, 0) is 50.6 Å². The summed E-state index contributed by atoms with van der Waals surface area (Å²) < 4.78 is 11.5. The number of likely N-dealkylation sites (N-methyl/N-ethyl adjacent to an activating group) is 1. The van der Waals surface area contributed by atoms with Gasteiger partial charge < -0.3 is 25.0 Å². The Labute approximate surface area is 170 Å². The molecule has 0 amide bonds. The van der Waals surface area contributed by atoms with Gasteiger partial charge >= 0.3 is 0 Å². The van der Waals surface area contributed by atoms with Crippen LogP contribution in [0.15, 0.2) is 23.2 Å². The van der Waals surface area contributed by atoms with Crippen molar-refractivity contribution >= 4 is 5.96 Å². The molecule has 0 aromatic heterocycles. The van der Waals surface area contributed by atoms with Crippen LogP contribution in [0.25, 0.3) is 0 Å². The molecule has 6 heteroatoms. The number of ether oxygens (including phenoxy) is 2. The molecule has 0 spiro atoms. The van der Waals surface area contributed by atoms with Gasteiger partial charge in [0.05, 0.1) is 13.7 Å². The lowest BCUT2D eigenvalue weighted by Crippen LogP contribution is -2.42. The van der Waals surface area contributed by atoms with Crippen molar-refractivity contribution in [1.82, 2.24) is 15.5 Å². The third-order valence-electron chi connectivity index (χ3n) is 5.25. The maximum Gasteiger partial charge on any atom is 0.191 e. The molecule has 1 saturated carbocycles. The van der Waals surface area contributed by atoms with Crippen molar-refractivity contribution in [1.29, 1.82) is 0 Å². The van der Waals surface area contributed by atoms with Gasteiger partial charge in [-0.25, -0.2) is 4.99 Å². The van der Waals surface area contributed by atoms with Gasteiger partial charge in [-0.1, -0.05) is 32.8 Å². The zero-order valence-corrected chi connectivity index (χ0v) is 18.1. The summed E-state index contributed by atoms with van der Waals surface area (Å²) in [6.07, 6.45) is 5.09. The molecule has 1 aromatic carbocycles. The number of aliphatic imine (C=N–C) groups is 1.